The first-order valence-corrected chi connectivity index (χ1v) is 7.44. The lowest BCUT2D eigenvalue weighted by atomic mass is 9.66. The number of benzene rings is 1. The second-order valence-electron chi connectivity index (χ2n) is 6.37. The number of ether oxygens (including phenoxy) is 2. The van der Waals surface area contributed by atoms with Crippen LogP contribution in [0.4, 0.5) is 0 Å². The van der Waals surface area contributed by atoms with E-state index in [-0.39, 0.29) is 18.2 Å². The Labute approximate surface area is 122 Å². The van der Waals surface area contributed by atoms with Crippen molar-refractivity contribution in [2.24, 2.45) is 0 Å². The lowest BCUT2D eigenvalue weighted by Crippen LogP contribution is -2.51. The van der Waals surface area contributed by atoms with Crippen molar-refractivity contribution >= 4 is 0 Å². The minimum Gasteiger partial charge on any atom is -0.454 e. The van der Waals surface area contributed by atoms with Gasteiger partial charge in [0, 0.05) is 23.6 Å². The first-order chi connectivity index (χ1) is 10.2. The molecule has 2 unspecified atom stereocenters. The molecule has 21 heavy (non-hydrogen) atoms. The van der Waals surface area contributed by atoms with Crippen molar-refractivity contribution in [2.45, 2.75) is 36.6 Å². The minimum atomic E-state index is -0.631. The highest BCUT2D eigenvalue weighted by Crippen LogP contribution is 2.56. The van der Waals surface area contributed by atoms with Gasteiger partial charge in [0.15, 0.2) is 11.5 Å². The summed E-state index contributed by atoms with van der Waals surface area (Å²) < 4.78 is 11.0. The van der Waals surface area contributed by atoms with Crippen molar-refractivity contribution in [2.75, 3.05) is 13.3 Å². The molecule has 3 heterocycles. The van der Waals surface area contributed by atoms with Gasteiger partial charge in [-0.2, -0.15) is 0 Å². The maximum absolute atomic E-state index is 10.7. The third-order valence-corrected chi connectivity index (χ3v) is 5.50. The Balaban J connectivity index is 1.77. The summed E-state index contributed by atoms with van der Waals surface area (Å²) in [6, 6.07) is 4.09. The van der Waals surface area contributed by atoms with E-state index in [2.05, 4.69) is 11.0 Å². The van der Waals surface area contributed by atoms with Crippen molar-refractivity contribution in [3.05, 3.63) is 35.4 Å². The van der Waals surface area contributed by atoms with Gasteiger partial charge in [0.05, 0.1) is 6.10 Å². The molecule has 0 spiro atoms. The van der Waals surface area contributed by atoms with Crippen LogP contribution in [0.25, 0.3) is 0 Å². The molecule has 1 aliphatic carbocycles. The van der Waals surface area contributed by atoms with E-state index in [1.165, 1.54) is 0 Å². The van der Waals surface area contributed by atoms with E-state index < -0.39 is 12.3 Å². The topological polar surface area (TPSA) is 62.2 Å². The van der Waals surface area contributed by atoms with E-state index in [1.54, 1.807) is 0 Å². The van der Waals surface area contributed by atoms with E-state index >= 15 is 0 Å². The van der Waals surface area contributed by atoms with Crippen LogP contribution < -0.4 is 9.47 Å². The molecule has 0 aromatic heterocycles. The van der Waals surface area contributed by atoms with Gasteiger partial charge in [-0.25, -0.2) is 0 Å². The number of nitrogens with zero attached hydrogens (tertiary/aromatic N) is 1. The summed E-state index contributed by atoms with van der Waals surface area (Å²) in [5.74, 6) is 1.47. The third kappa shape index (κ3) is 1.36. The molecule has 5 nitrogen and oxygen atoms in total. The van der Waals surface area contributed by atoms with E-state index in [0.717, 1.165) is 29.8 Å². The SMILES string of the molecule is O[C@H]1C=C[C@]23CCN(C2C1)[C@@H](O)c1cc2c(cc13)OCO2. The maximum Gasteiger partial charge on any atom is 0.231 e. The van der Waals surface area contributed by atoms with Crippen LogP contribution in [0.1, 0.15) is 30.2 Å². The molecule has 1 aromatic carbocycles. The zero-order valence-electron chi connectivity index (χ0n) is 11.5. The lowest BCUT2D eigenvalue weighted by Gasteiger charge is -2.47. The second-order valence-corrected chi connectivity index (χ2v) is 6.37. The molecule has 4 aliphatic rings. The highest BCUT2D eigenvalue weighted by molar-refractivity contribution is 5.56. The fourth-order valence-corrected chi connectivity index (χ4v) is 4.51. The van der Waals surface area contributed by atoms with E-state index in [9.17, 15) is 10.2 Å². The molecule has 5 rings (SSSR count). The second kappa shape index (κ2) is 3.80. The molecule has 3 aliphatic heterocycles. The number of aliphatic hydroxyl groups is 2. The van der Waals surface area contributed by atoms with Gasteiger partial charge in [0.2, 0.25) is 6.79 Å². The molecule has 5 atom stereocenters. The fraction of sp³-hybridized carbons (Fsp3) is 0.500. The van der Waals surface area contributed by atoms with Crippen LogP contribution in [0.2, 0.25) is 0 Å². The number of aliphatic hydroxyl groups excluding tert-OH is 2. The standard InChI is InChI=1S/C16H17NO4/c18-9-1-2-16-3-4-17(14(16)5-9)15(19)10-6-12-13(7-11(10)16)21-8-20-12/h1-2,6-7,9,14-15,18-19H,3-5,8H2/t9-,14?,15-,16+/m0/s1. The summed E-state index contributed by atoms with van der Waals surface area (Å²) >= 11 is 0. The van der Waals surface area contributed by atoms with Gasteiger partial charge in [-0.1, -0.05) is 12.2 Å². The van der Waals surface area contributed by atoms with Crippen LogP contribution in [0, 0.1) is 0 Å². The Hall–Kier alpha value is -1.56. The van der Waals surface area contributed by atoms with Crippen LogP contribution in [0.15, 0.2) is 24.3 Å². The quantitative estimate of drug-likeness (QED) is 0.699. The Kier molecular flexibility index (Phi) is 2.17. The number of hydrogen-bond acceptors (Lipinski definition) is 5. The molecule has 2 bridgehead atoms. The van der Waals surface area contributed by atoms with Crippen LogP contribution >= 0.6 is 0 Å². The smallest absolute Gasteiger partial charge is 0.231 e. The predicted molar refractivity (Wildman–Crippen MR) is 74.1 cm³/mol. The van der Waals surface area contributed by atoms with Crippen LogP contribution in [0.5, 0.6) is 11.5 Å². The predicted octanol–water partition coefficient (Wildman–Crippen LogP) is 1.05. The summed E-state index contributed by atoms with van der Waals surface area (Å²) in [4.78, 5) is 2.11. The molecule has 1 saturated heterocycles. The molecular formula is C16H17NO4. The monoisotopic (exact) mass is 287 g/mol. The Morgan fingerprint density at radius 1 is 1.19 bits per heavy atom. The summed E-state index contributed by atoms with van der Waals surface area (Å²) in [6.07, 6.45) is 4.61. The summed E-state index contributed by atoms with van der Waals surface area (Å²) in [5.41, 5.74) is 1.92. The highest BCUT2D eigenvalue weighted by atomic mass is 16.7. The van der Waals surface area contributed by atoms with Gasteiger partial charge in [0.1, 0.15) is 6.23 Å². The van der Waals surface area contributed by atoms with Crippen molar-refractivity contribution in [1.29, 1.82) is 0 Å². The molecular weight excluding hydrogens is 270 g/mol. The average molecular weight is 287 g/mol. The van der Waals surface area contributed by atoms with Crippen molar-refractivity contribution < 1.29 is 19.7 Å². The van der Waals surface area contributed by atoms with Gasteiger partial charge in [0.25, 0.3) is 0 Å². The van der Waals surface area contributed by atoms with Gasteiger partial charge in [-0.3, -0.25) is 4.90 Å². The van der Waals surface area contributed by atoms with Crippen LogP contribution in [-0.2, 0) is 5.41 Å². The average Bonchev–Trinajstić information content (AvgIpc) is 3.06. The maximum atomic E-state index is 10.7. The molecule has 0 radical (unpaired) electrons. The van der Waals surface area contributed by atoms with Crippen molar-refractivity contribution in [3.63, 3.8) is 0 Å². The molecule has 1 aromatic rings. The van der Waals surface area contributed by atoms with Crippen molar-refractivity contribution in [3.8, 4) is 11.5 Å². The fourth-order valence-electron chi connectivity index (χ4n) is 4.51. The normalized spacial score (nSPS) is 41.8. The molecule has 0 amide bonds. The molecule has 1 fully saturated rings. The zero-order chi connectivity index (χ0) is 14.2. The van der Waals surface area contributed by atoms with Crippen molar-refractivity contribution in [1.82, 2.24) is 4.90 Å². The van der Waals surface area contributed by atoms with Gasteiger partial charge >= 0.3 is 0 Å². The third-order valence-electron chi connectivity index (χ3n) is 5.50. The summed E-state index contributed by atoms with van der Waals surface area (Å²) in [5, 5.41) is 20.7. The van der Waals surface area contributed by atoms with Gasteiger partial charge in [-0.05, 0) is 30.5 Å². The van der Waals surface area contributed by atoms with Gasteiger partial charge < -0.3 is 19.7 Å². The zero-order valence-corrected chi connectivity index (χ0v) is 11.5. The van der Waals surface area contributed by atoms with Crippen LogP contribution in [-0.4, -0.2) is 40.6 Å². The van der Waals surface area contributed by atoms with Gasteiger partial charge in [-0.15, -0.1) is 0 Å². The molecule has 2 N–H and O–H groups in total. The number of rotatable bonds is 0. The minimum absolute atomic E-state index is 0.116. The summed E-state index contributed by atoms with van der Waals surface area (Å²) in [6.45, 7) is 1.08. The van der Waals surface area contributed by atoms with Crippen LogP contribution in [0.3, 0.4) is 0 Å². The number of fused-ring (bicyclic) bond motifs is 2. The van der Waals surface area contributed by atoms with E-state index in [1.807, 2.05) is 18.2 Å². The summed E-state index contributed by atoms with van der Waals surface area (Å²) in [7, 11) is 0. The largest absolute Gasteiger partial charge is 0.454 e. The lowest BCUT2D eigenvalue weighted by molar-refractivity contribution is -0.0364. The van der Waals surface area contributed by atoms with E-state index in [0.29, 0.717) is 12.2 Å². The highest BCUT2D eigenvalue weighted by Gasteiger charge is 2.56. The Morgan fingerprint density at radius 2 is 2.00 bits per heavy atom. The number of hydrogen-bond donors (Lipinski definition) is 2. The van der Waals surface area contributed by atoms with E-state index in [4.69, 9.17) is 9.47 Å². The molecule has 5 heteroatoms. The molecule has 110 valence electrons. The Bertz CT molecular complexity index is 658. The first kappa shape index (κ1) is 12.0. The molecule has 0 saturated carbocycles. The first-order valence-electron chi connectivity index (χ1n) is 7.44. The Morgan fingerprint density at radius 3 is 2.86 bits per heavy atom.